The van der Waals surface area contributed by atoms with Crippen LogP contribution in [0.15, 0.2) is 30.9 Å². The largest absolute Gasteiger partial charge is 0.358 e. The van der Waals surface area contributed by atoms with Crippen LogP contribution >= 0.6 is 11.3 Å². The fourth-order valence-corrected chi connectivity index (χ4v) is 2.40. The third-order valence-electron chi connectivity index (χ3n) is 2.38. The number of hydrogen-bond donors (Lipinski definition) is 1. The molecule has 0 atom stereocenters. The van der Waals surface area contributed by atoms with Crippen molar-refractivity contribution in [2.75, 3.05) is 11.9 Å². The highest BCUT2D eigenvalue weighted by atomic mass is 32.1. The van der Waals surface area contributed by atoms with Crippen molar-refractivity contribution in [1.82, 2.24) is 4.98 Å². The first-order valence-corrected chi connectivity index (χ1v) is 6.21. The van der Waals surface area contributed by atoms with Crippen molar-refractivity contribution in [3.63, 3.8) is 0 Å². The fraction of sp³-hybridized carbons (Fsp3) is 0.154. The number of aromatic nitrogens is 1. The van der Waals surface area contributed by atoms with E-state index in [0.29, 0.717) is 22.9 Å². The molecule has 0 aliphatic carbocycles. The maximum atomic E-state index is 13.7. The standard InChI is InChI=1S/C13H12F2N2S/c1-3-6-16-13-17-12(8(2)18-13)10-5-4-9(14)7-11(10)15/h3-5,7H,1,6H2,2H3,(H,16,17). The maximum Gasteiger partial charge on any atom is 0.183 e. The first-order valence-electron chi connectivity index (χ1n) is 5.39. The van der Waals surface area contributed by atoms with Gasteiger partial charge in [0.05, 0.1) is 5.69 Å². The number of aryl methyl sites for hydroxylation is 1. The van der Waals surface area contributed by atoms with E-state index in [9.17, 15) is 8.78 Å². The monoisotopic (exact) mass is 266 g/mol. The molecule has 94 valence electrons. The number of halogens is 2. The summed E-state index contributed by atoms with van der Waals surface area (Å²) in [6.45, 7) is 6.05. The van der Waals surface area contributed by atoms with Crippen molar-refractivity contribution in [3.05, 3.63) is 47.4 Å². The number of benzene rings is 1. The van der Waals surface area contributed by atoms with E-state index in [0.717, 1.165) is 10.9 Å². The van der Waals surface area contributed by atoms with Crippen LogP contribution in [0.2, 0.25) is 0 Å². The molecular formula is C13H12F2N2S. The highest BCUT2D eigenvalue weighted by Gasteiger charge is 2.13. The summed E-state index contributed by atoms with van der Waals surface area (Å²) < 4.78 is 26.5. The quantitative estimate of drug-likeness (QED) is 0.846. The van der Waals surface area contributed by atoms with Gasteiger partial charge in [0.15, 0.2) is 5.13 Å². The second-order valence-corrected chi connectivity index (χ2v) is 4.92. The molecule has 1 aromatic carbocycles. The van der Waals surface area contributed by atoms with Gasteiger partial charge >= 0.3 is 0 Å². The molecule has 0 aliphatic heterocycles. The number of hydrogen-bond acceptors (Lipinski definition) is 3. The van der Waals surface area contributed by atoms with Gasteiger partial charge in [-0.25, -0.2) is 13.8 Å². The van der Waals surface area contributed by atoms with Crippen LogP contribution in [0.25, 0.3) is 11.3 Å². The van der Waals surface area contributed by atoms with Gasteiger partial charge in [-0.15, -0.1) is 17.9 Å². The molecule has 0 amide bonds. The van der Waals surface area contributed by atoms with Crippen molar-refractivity contribution < 1.29 is 8.78 Å². The number of thiazole rings is 1. The molecule has 1 N–H and O–H groups in total. The van der Waals surface area contributed by atoms with Crippen molar-refractivity contribution in [3.8, 4) is 11.3 Å². The van der Waals surface area contributed by atoms with Gasteiger partial charge in [0.25, 0.3) is 0 Å². The molecule has 0 bridgehead atoms. The van der Waals surface area contributed by atoms with Crippen LogP contribution in [0.1, 0.15) is 4.88 Å². The molecule has 0 radical (unpaired) electrons. The van der Waals surface area contributed by atoms with E-state index in [1.807, 2.05) is 6.92 Å². The lowest BCUT2D eigenvalue weighted by molar-refractivity contribution is 0.585. The minimum Gasteiger partial charge on any atom is -0.358 e. The van der Waals surface area contributed by atoms with Gasteiger partial charge in [0.1, 0.15) is 11.6 Å². The van der Waals surface area contributed by atoms with Crippen molar-refractivity contribution in [2.45, 2.75) is 6.92 Å². The lowest BCUT2D eigenvalue weighted by atomic mass is 10.1. The molecule has 2 nitrogen and oxygen atoms in total. The molecule has 0 spiro atoms. The highest BCUT2D eigenvalue weighted by molar-refractivity contribution is 7.16. The molecule has 0 aliphatic rings. The zero-order valence-electron chi connectivity index (χ0n) is 9.84. The molecular weight excluding hydrogens is 254 g/mol. The Labute approximate surface area is 108 Å². The lowest BCUT2D eigenvalue weighted by Gasteiger charge is -2.01. The summed E-state index contributed by atoms with van der Waals surface area (Å²) in [4.78, 5) is 5.19. The zero-order chi connectivity index (χ0) is 13.1. The van der Waals surface area contributed by atoms with Crippen LogP contribution in [0, 0.1) is 18.6 Å². The average molecular weight is 266 g/mol. The summed E-state index contributed by atoms with van der Waals surface area (Å²) in [5, 5.41) is 3.75. The Hall–Kier alpha value is -1.75. The van der Waals surface area contributed by atoms with E-state index in [4.69, 9.17) is 0 Å². The van der Waals surface area contributed by atoms with E-state index >= 15 is 0 Å². The summed E-state index contributed by atoms with van der Waals surface area (Å²) in [5.74, 6) is -1.19. The van der Waals surface area contributed by atoms with E-state index in [2.05, 4.69) is 16.9 Å². The van der Waals surface area contributed by atoms with Crippen molar-refractivity contribution >= 4 is 16.5 Å². The number of nitrogens with zero attached hydrogens (tertiary/aromatic N) is 1. The molecule has 1 heterocycles. The average Bonchev–Trinajstić information content (AvgIpc) is 2.68. The van der Waals surface area contributed by atoms with Crippen molar-refractivity contribution in [1.29, 1.82) is 0 Å². The second kappa shape index (κ2) is 5.27. The van der Waals surface area contributed by atoms with E-state index in [1.165, 1.54) is 23.5 Å². The van der Waals surface area contributed by atoms with Gasteiger partial charge in [0.2, 0.25) is 0 Å². The van der Waals surface area contributed by atoms with Gasteiger partial charge in [-0.05, 0) is 19.1 Å². The predicted octanol–water partition coefficient (Wildman–Crippen LogP) is 3.99. The first-order chi connectivity index (χ1) is 8.61. The summed E-state index contributed by atoms with van der Waals surface area (Å²) in [6, 6.07) is 3.50. The van der Waals surface area contributed by atoms with Crippen LogP contribution in [0.4, 0.5) is 13.9 Å². The predicted molar refractivity (Wildman–Crippen MR) is 70.9 cm³/mol. The van der Waals surface area contributed by atoms with Crippen LogP contribution in [0.5, 0.6) is 0 Å². The SMILES string of the molecule is C=CCNc1nc(-c2ccc(F)cc2F)c(C)s1. The number of rotatable bonds is 4. The van der Waals surface area contributed by atoms with E-state index < -0.39 is 11.6 Å². The van der Waals surface area contributed by atoms with Crippen molar-refractivity contribution in [2.24, 2.45) is 0 Å². The van der Waals surface area contributed by atoms with Gasteiger partial charge in [0, 0.05) is 23.1 Å². The fourth-order valence-electron chi connectivity index (χ4n) is 1.56. The minimum absolute atomic E-state index is 0.316. The Balaban J connectivity index is 2.38. The third kappa shape index (κ3) is 2.56. The molecule has 0 saturated carbocycles. The smallest absolute Gasteiger partial charge is 0.183 e. The summed E-state index contributed by atoms with van der Waals surface area (Å²) in [5.41, 5.74) is 0.862. The topological polar surface area (TPSA) is 24.9 Å². The molecule has 2 rings (SSSR count). The molecule has 0 unspecified atom stereocenters. The summed E-state index contributed by atoms with van der Waals surface area (Å²) >= 11 is 1.43. The highest BCUT2D eigenvalue weighted by Crippen LogP contribution is 2.31. The normalized spacial score (nSPS) is 10.4. The molecule has 1 aromatic heterocycles. The third-order valence-corrected chi connectivity index (χ3v) is 3.31. The Morgan fingerprint density at radius 1 is 1.44 bits per heavy atom. The van der Waals surface area contributed by atoms with Crippen LogP contribution in [-0.4, -0.2) is 11.5 Å². The number of nitrogens with one attached hydrogen (secondary N) is 1. The molecule has 0 fully saturated rings. The van der Waals surface area contributed by atoms with Gasteiger partial charge in [-0.2, -0.15) is 0 Å². The minimum atomic E-state index is -0.598. The Morgan fingerprint density at radius 2 is 2.22 bits per heavy atom. The van der Waals surface area contributed by atoms with E-state index in [-0.39, 0.29) is 0 Å². The summed E-state index contributed by atoms with van der Waals surface area (Å²) in [7, 11) is 0. The molecule has 2 aromatic rings. The van der Waals surface area contributed by atoms with Crippen LogP contribution in [-0.2, 0) is 0 Å². The molecule has 5 heteroatoms. The van der Waals surface area contributed by atoms with Gasteiger partial charge < -0.3 is 5.32 Å². The Kier molecular flexibility index (Phi) is 3.72. The van der Waals surface area contributed by atoms with Crippen LogP contribution in [0.3, 0.4) is 0 Å². The van der Waals surface area contributed by atoms with Gasteiger partial charge in [-0.3, -0.25) is 0 Å². The first kappa shape index (κ1) is 12.7. The molecule has 0 saturated heterocycles. The maximum absolute atomic E-state index is 13.7. The van der Waals surface area contributed by atoms with Crippen LogP contribution < -0.4 is 5.32 Å². The second-order valence-electron chi connectivity index (χ2n) is 3.72. The Morgan fingerprint density at radius 3 is 2.89 bits per heavy atom. The zero-order valence-corrected chi connectivity index (χ0v) is 10.7. The van der Waals surface area contributed by atoms with E-state index in [1.54, 1.807) is 6.08 Å². The lowest BCUT2D eigenvalue weighted by Crippen LogP contribution is -1.96. The Bertz CT molecular complexity index is 578. The van der Waals surface area contributed by atoms with Gasteiger partial charge in [-0.1, -0.05) is 6.08 Å². The number of anilines is 1. The summed E-state index contributed by atoms with van der Waals surface area (Å²) in [6.07, 6.45) is 1.72. The molecule has 18 heavy (non-hydrogen) atoms.